The fraction of sp³-hybridized carbons (Fsp3) is 0.467. The Bertz CT molecular complexity index is 390. The molecule has 0 spiro atoms. The Labute approximate surface area is 113 Å². The number of carbonyl (C=O) groups excluding carboxylic acids is 2. The van der Waals surface area contributed by atoms with E-state index in [4.69, 9.17) is 0 Å². The fourth-order valence-corrected chi connectivity index (χ4v) is 1.82. The molecule has 4 nitrogen and oxygen atoms in total. The van der Waals surface area contributed by atoms with Crippen molar-refractivity contribution >= 4 is 11.9 Å². The molecule has 0 heterocycles. The summed E-state index contributed by atoms with van der Waals surface area (Å²) < 4.78 is 0. The van der Waals surface area contributed by atoms with Gasteiger partial charge in [-0.1, -0.05) is 37.5 Å². The zero-order chi connectivity index (χ0) is 13.9. The molecule has 0 aromatic heterocycles. The first-order valence-corrected chi connectivity index (χ1v) is 6.73. The highest BCUT2D eigenvalue weighted by Gasteiger charge is 2.02. The average molecular weight is 262 g/mol. The number of rotatable bonds is 9. The zero-order valence-corrected chi connectivity index (χ0v) is 11.1. The summed E-state index contributed by atoms with van der Waals surface area (Å²) in [5, 5.41) is 13.1. The highest BCUT2D eigenvalue weighted by atomic mass is 16.4. The molecule has 0 saturated heterocycles. The Morgan fingerprint density at radius 3 is 2.26 bits per heavy atom. The van der Waals surface area contributed by atoms with Crippen LogP contribution in [-0.4, -0.2) is 18.4 Å². The van der Waals surface area contributed by atoms with E-state index in [0.29, 0.717) is 18.5 Å². The number of benzene rings is 1. The lowest BCUT2D eigenvalue weighted by Gasteiger charge is -2.05. The van der Waals surface area contributed by atoms with Crippen molar-refractivity contribution in [1.82, 2.24) is 5.32 Å². The molecule has 1 rings (SSSR count). The molecule has 4 heteroatoms. The first kappa shape index (κ1) is 15.2. The molecule has 0 saturated carbocycles. The predicted octanol–water partition coefficient (Wildman–Crippen LogP) is 1.51. The van der Waals surface area contributed by atoms with E-state index >= 15 is 0 Å². The third-order valence-corrected chi connectivity index (χ3v) is 2.88. The number of nitrogens with one attached hydrogen (secondary N) is 1. The molecule has 19 heavy (non-hydrogen) atoms. The number of carboxylic acids is 1. The minimum Gasteiger partial charge on any atom is -0.550 e. The molecule has 0 bridgehead atoms. The molecule has 1 amide bonds. The molecule has 0 fully saturated rings. The lowest BCUT2D eigenvalue weighted by Crippen LogP contribution is -2.24. The van der Waals surface area contributed by atoms with E-state index in [1.54, 1.807) is 12.1 Å². The van der Waals surface area contributed by atoms with Crippen molar-refractivity contribution in [3.63, 3.8) is 0 Å². The molecule has 1 aromatic rings. The second-order valence-corrected chi connectivity index (χ2v) is 4.51. The first-order valence-electron chi connectivity index (χ1n) is 6.73. The first-order chi connectivity index (χ1) is 9.20. The van der Waals surface area contributed by atoms with Crippen LogP contribution in [0.2, 0.25) is 0 Å². The Hall–Kier alpha value is -1.84. The van der Waals surface area contributed by atoms with Gasteiger partial charge in [0.2, 0.25) is 0 Å². The molecule has 0 aliphatic heterocycles. The highest BCUT2D eigenvalue weighted by Crippen LogP contribution is 2.04. The smallest absolute Gasteiger partial charge is 0.251 e. The van der Waals surface area contributed by atoms with Gasteiger partial charge in [-0.25, -0.2) is 0 Å². The van der Waals surface area contributed by atoms with Crippen LogP contribution in [0.4, 0.5) is 0 Å². The predicted molar refractivity (Wildman–Crippen MR) is 71.5 cm³/mol. The van der Waals surface area contributed by atoms with E-state index < -0.39 is 5.97 Å². The largest absolute Gasteiger partial charge is 0.550 e. The van der Waals surface area contributed by atoms with Gasteiger partial charge in [-0.05, 0) is 31.4 Å². The number of carbonyl (C=O) groups is 2. The van der Waals surface area contributed by atoms with E-state index in [1.807, 2.05) is 18.2 Å². The van der Waals surface area contributed by atoms with Gasteiger partial charge in [0.25, 0.3) is 5.91 Å². The van der Waals surface area contributed by atoms with E-state index in [0.717, 1.165) is 25.7 Å². The monoisotopic (exact) mass is 262 g/mol. The summed E-state index contributed by atoms with van der Waals surface area (Å²) in [6, 6.07) is 9.13. The highest BCUT2D eigenvalue weighted by molar-refractivity contribution is 5.94. The molecule has 0 radical (unpaired) electrons. The fourth-order valence-electron chi connectivity index (χ4n) is 1.82. The van der Waals surface area contributed by atoms with Gasteiger partial charge in [0.15, 0.2) is 0 Å². The maximum atomic E-state index is 11.7. The van der Waals surface area contributed by atoms with Crippen LogP contribution in [0, 0.1) is 0 Å². The van der Waals surface area contributed by atoms with E-state index in [9.17, 15) is 14.7 Å². The number of carboxylic acid groups (broad SMARTS) is 1. The zero-order valence-electron chi connectivity index (χ0n) is 11.1. The van der Waals surface area contributed by atoms with Gasteiger partial charge in [-0.2, -0.15) is 0 Å². The van der Waals surface area contributed by atoms with Gasteiger partial charge in [-0.3, -0.25) is 4.79 Å². The Morgan fingerprint density at radius 2 is 1.58 bits per heavy atom. The number of unbranched alkanes of at least 4 members (excludes halogenated alkanes) is 4. The van der Waals surface area contributed by atoms with Gasteiger partial charge in [0.1, 0.15) is 0 Å². The molecule has 1 aromatic carbocycles. The number of hydrogen-bond acceptors (Lipinski definition) is 3. The SMILES string of the molecule is O=C([O-])CCCCCCCNC(=O)c1ccccc1. The maximum absolute atomic E-state index is 11.7. The van der Waals surface area contributed by atoms with Crippen LogP contribution < -0.4 is 10.4 Å². The van der Waals surface area contributed by atoms with Gasteiger partial charge >= 0.3 is 0 Å². The van der Waals surface area contributed by atoms with Crippen LogP contribution in [0.15, 0.2) is 30.3 Å². The van der Waals surface area contributed by atoms with Gasteiger partial charge in [0, 0.05) is 18.1 Å². The van der Waals surface area contributed by atoms with Crippen LogP contribution >= 0.6 is 0 Å². The van der Waals surface area contributed by atoms with Crippen LogP contribution in [0.1, 0.15) is 48.9 Å². The lowest BCUT2D eigenvalue weighted by atomic mass is 10.1. The Balaban J connectivity index is 1.99. The molecule has 0 aliphatic carbocycles. The van der Waals surface area contributed by atoms with E-state index in [2.05, 4.69) is 5.32 Å². The van der Waals surface area contributed by atoms with Crippen LogP contribution in [0.3, 0.4) is 0 Å². The van der Waals surface area contributed by atoms with Crippen molar-refractivity contribution in [2.24, 2.45) is 0 Å². The van der Waals surface area contributed by atoms with Crippen molar-refractivity contribution in [3.8, 4) is 0 Å². The Morgan fingerprint density at radius 1 is 0.947 bits per heavy atom. The van der Waals surface area contributed by atoms with Crippen LogP contribution in [0.5, 0.6) is 0 Å². The van der Waals surface area contributed by atoms with Crippen molar-refractivity contribution in [2.75, 3.05) is 6.54 Å². The summed E-state index contributed by atoms with van der Waals surface area (Å²) >= 11 is 0. The molecule has 0 unspecified atom stereocenters. The van der Waals surface area contributed by atoms with Crippen molar-refractivity contribution < 1.29 is 14.7 Å². The van der Waals surface area contributed by atoms with Crippen LogP contribution in [-0.2, 0) is 4.79 Å². The van der Waals surface area contributed by atoms with Crippen LogP contribution in [0.25, 0.3) is 0 Å². The summed E-state index contributed by atoms with van der Waals surface area (Å²) in [7, 11) is 0. The number of aliphatic carboxylic acids is 1. The van der Waals surface area contributed by atoms with Gasteiger partial charge in [-0.15, -0.1) is 0 Å². The Kier molecular flexibility index (Phi) is 7.32. The third-order valence-electron chi connectivity index (χ3n) is 2.88. The molecule has 0 atom stereocenters. The molecule has 0 aliphatic rings. The van der Waals surface area contributed by atoms with E-state index in [1.165, 1.54) is 0 Å². The summed E-state index contributed by atoms with van der Waals surface area (Å²) in [6.45, 7) is 0.661. The van der Waals surface area contributed by atoms with Gasteiger partial charge in [0.05, 0.1) is 0 Å². The number of hydrogen-bond donors (Lipinski definition) is 1. The summed E-state index contributed by atoms with van der Waals surface area (Å²) in [4.78, 5) is 21.9. The molecule has 1 N–H and O–H groups in total. The second kappa shape index (κ2) is 9.14. The van der Waals surface area contributed by atoms with Crippen molar-refractivity contribution in [2.45, 2.75) is 38.5 Å². The van der Waals surface area contributed by atoms with Crippen molar-refractivity contribution in [1.29, 1.82) is 0 Å². The summed E-state index contributed by atoms with van der Waals surface area (Å²) in [6.07, 6.45) is 4.64. The average Bonchev–Trinajstić information content (AvgIpc) is 2.42. The molecular formula is C15H20NO3-. The minimum absolute atomic E-state index is 0.0439. The van der Waals surface area contributed by atoms with Gasteiger partial charge < -0.3 is 15.2 Å². The third kappa shape index (κ3) is 7.24. The standard InChI is InChI=1S/C15H21NO3/c17-14(18)11-7-2-1-3-8-12-16-15(19)13-9-5-4-6-10-13/h4-6,9-10H,1-3,7-8,11-12H2,(H,16,19)(H,17,18)/p-1. The quantitative estimate of drug-likeness (QED) is 0.686. The minimum atomic E-state index is -0.977. The second-order valence-electron chi connectivity index (χ2n) is 4.51. The normalized spacial score (nSPS) is 10.1. The summed E-state index contributed by atoms with van der Waals surface area (Å²) in [5.41, 5.74) is 0.677. The topological polar surface area (TPSA) is 69.2 Å². The van der Waals surface area contributed by atoms with E-state index in [-0.39, 0.29) is 12.3 Å². The lowest BCUT2D eigenvalue weighted by molar-refractivity contribution is -0.305. The molecular weight excluding hydrogens is 242 g/mol. The molecule has 104 valence electrons. The van der Waals surface area contributed by atoms with Crippen molar-refractivity contribution in [3.05, 3.63) is 35.9 Å². The maximum Gasteiger partial charge on any atom is 0.251 e. The summed E-state index contributed by atoms with van der Waals surface area (Å²) in [5.74, 6) is -1.02. The number of amides is 1.